The van der Waals surface area contributed by atoms with Crippen LogP contribution in [-0.2, 0) is 6.61 Å². The van der Waals surface area contributed by atoms with Crippen LogP contribution in [-0.4, -0.2) is 16.5 Å². The fraction of sp³-hybridized carbons (Fsp3) is 0.467. The van der Waals surface area contributed by atoms with Gasteiger partial charge in [0.05, 0.1) is 11.8 Å². The van der Waals surface area contributed by atoms with Gasteiger partial charge in [-0.1, -0.05) is 0 Å². The van der Waals surface area contributed by atoms with Crippen molar-refractivity contribution in [3.05, 3.63) is 35.5 Å². The van der Waals surface area contributed by atoms with E-state index in [1.54, 1.807) is 6.26 Å². The van der Waals surface area contributed by atoms with Crippen LogP contribution >= 0.6 is 0 Å². The Labute approximate surface area is 118 Å². The van der Waals surface area contributed by atoms with E-state index < -0.39 is 0 Å². The number of rotatable bonds is 6. The molecule has 2 aromatic rings. The Balaban J connectivity index is 1.83. The lowest BCUT2D eigenvalue weighted by Gasteiger charge is -2.13. The highest BCUT2D eigenvalue weighted by atomic mass is 16.5. The Kier molecular flexibility index (Phi) is 3.58. The molecule has 0 aliphatic heterocycles. The van der Waals surface area contributed by atoms with E-state index in [4.69, 9.17) is 9.15 Å². The Morgan fingerprint density at radius 2 is 2.25 bits per heavy atom. The third-order valence-electron chi connectivity index (χ3n) is 3.34. The summed E-state index contributed by atoms with van der Waals surface area (Å²) in [6.45, 7) is 5.26. The summed E-state index contributed by atoms with van der Waals surface area (Å²) < 4.78 is 11.1. The Bertz CT molecular complexity index is 577. The number of nitrogens with one attached hydrogen (secondary N) is 1. The van der Waals surface area contributed by atoms with Crippen LogP contribution < -0.4 is 10.1 Å². The maximum Gasteiger partial charge on any atom is 0.222 e. The van der Waals surface area contributed by atoms with Crippen molar-refractivity contribution in [1.29, 1.82) is 0 Å². The van der Waals surface area contributed by atoms with Crippen LogP contribution in [0.1, 0.15) is 42.8 Å². The zero-order valence-corrected chi connectivity index (χ0v) is 11.8. The van der Waals surface area contributed by atoms with E-state index in [0.29, 0.717) is 18.4 Å². The van der Waals surface area contributed by atoms with Crippen LogP contribution in [0.2, 0.25) is 0 Å². The van der Waals surface area contributed by atoms with Crippen molar-refractivity contribution < 1.29 is 9.15 Å². The molecule has 0 aromatic carbocycles. The van der Waals surface area contributed by atoms with Gasteiger partial charge in [-0.25, -0.2) is 4.98 Å². The van der Waals surface area contributed by atoms with E-state index >= 15 is 0 Å². The van der Waals surface area contributed by atoms with Gasteiger partial charge in [0.2, 0.25) is 5.88 Å². The summed E-state index contributed by atoms with van der Waals surface area (Å²) in [6, 6.07) is 3.74. The molecule has 1 saturated carbocycles. The van der Waals surface area contributed by atoms with Crippen LogP contribution in [0.15, 0.2) is 22.8 Å². The summed E-state index contributed by atoms with van der Waals surface area (Å²) in [7, 11) is 0. The fourth-order valence-electron chi connectivity index (χ4n) is 2.05. The lowest BCUT2D eigenvalue weighted by atomic mass is 10.3. The SMILES string of the molecule is CCNc1nc(C2CC2)nc(OCc2ccco2)c1C. The van der Waals surface area contributed by atoms with Crippen molar-refractivity contribution in [2.45, 2.75) is 39.2 Å². The summed E-state index contributed by atoms with van der Waals surface area (Å²) in [6.07, 6.45) is 3.99. The van der Waals surface area contributed by atoms with Crippen LogP contribution in [0, 0.1) is 6.92 Å². The molecule has 1 N–H and O–H groups in total. The van der Waals surface area contributed by atoms with Crippen molar-refractivity contribution in [2.75, 3.05) is 11.9 Å². The summed E-state index contributed by atoms with van der Waals surface area (Å²) >= 11 is 0. The molecule has 2 heterocycles. The first-order valence-corrected chi connectivity index (χ1v) is 7.05. The second-order valence-electron chi connectivity index (χ2n) is 5.03. The number of furan rings is 1. The zero-order valence-electron chi connectivity index (χ0n) is 11.8. The topological polar surface area (TPSA) is 60.2 Å². The summed E-state index contributed by atoms with van der Waals surface area (Å²) in [5, 5.41) is 3.28. The van der Waals surface area contributed by atoms with E-state index in [2.05, 4.69) is 22.2 Å². The molecule has 0 saturated heterocycles. The van der Waals surface area contributed by atoms with E-state index in [9.17, 15) is 0 Å². The number of anilines is 1. The van der Waals surface area contributed by atoms with Gasteiger partial charge in [-0.3, -0.25) is 0 Å². The van der Waals surface area contributed by atoms with Gasteiger partial charge in [0, 0.05) is 12.5 Å². The molecule has 1 fully saturated rings. The van der Waals surface area contributed by atoms with E-state index in [-0.39, 0.29) is 0 Å². The van der Waals surface area contributed by atoms with Gasteiger partial charge in [-0.15, -0.1) is 0 Å². The largest absolute Gasteiger partial charge is 0.469 e. The highest BCUT2D eigenvalue weighted by Crippen LogP contribution is 2.40. The lowest BCUT2D eigenvalue weighted by molar-refractivity contribution is 0.257. The molecule has 0 spiro atoms. The molecule has 0 radical (unpaired) electrons. The van der Waals surface area contributed by atoms with Crippen molar-refractivity contribution in [1.82, 2.24) is 9.97 Å². The molecule has 5 nitrogen and oxygen atoms in total. The summed E-state index contributed by atoms with van der Waals surface area (Å²) in [5.74, 6) is 3.70. The van der Waals surface area contributed by atoms with Gasteiger partial charge in [-0.2, -0.15) is 4.98 Å². The standard InChI is InChI=1S/C15H19N3O2/c1-3-16-13-10(2)15(18-14(17-13)11-6-7-11)20-9-12-5-4-8-19-12/h4-5,8,11H,3,6-7,9H2,1-2H3,(H,16,17,18). The zero-order chi connectivity index (χ0) is 13.9. The highest BCUT2D eigenvalue weighted by molar-refractivity contribution is 5.49. The molecule has 1 aliphatic rings. The molecule has 1 aliphatic carbocycles. The smallest absolute Gasteiger partial charge is 0.222 e. The molecule has 0 bridgehead atoms. The normalized spacial score (nSPS) is 14.3. The number of hydrogen-bond acceptors (Lipinski definition) is 5. The molecule has 20 heavy (non-hydrogen) atoms. The van der Waals surface area contributed by atoms with Crippen molar-refractivity contribution >= 4 is 5.82 Å². The number of nitrogens with zero attached hydrogens (tertiary/aromatic N) is 2. The Morgan fingerprint density at radius 3 is 2.90 bits per heavy atom. The molecule has 0 atom stereocenters. The molecular formula is C15H19N3O2. The molecule has 5 heteroatoms. The van der Waals surface area contributed by atoms with Gasteiger partial charge in [0.15, 0.2) is 0 Å². The first kappa shape index (κ1) is 13.0. The summed E-state index contributed by atoms with van der Waals surface area (Å²) in [5.41, 5.74) is 0.947. The Hall–Kier alpha value is -2.04. The number of ether oxygens (including phenoxy) is 1. The highest BCUT2D eigenvalue weighted by Gasteiger charge is 2.28. The monoisotopic (exact) mass is 273 g/mol. The second-order valence-corrected chi connectivity index (χ2v) is 5.03. The minimum Gasteiger partial charge on any atom is -0.469 e. The van der Waals surface area contributed by atoms with Crippen LogP contribution in [0.5, 0.6) is 5.88 Å². The number of hydrogen-bond donors (Lipinski definition) is 1. The van der Waals surface area contributed by atoms with Gasteiger partial charge in [0.25, 0.3) is 0 Å². The van der Waals surface area contributed by atoms with E-state index in [1.807, 2.05) is 19.1 Å². The maximum absolute atomic E-state index is 5.80. The third-order valence-corrected chi connectivity index (χ3v) is 3.34. The quantitative estimate of drug-likeness (QED) is 0.875. The molecule has 0 unspecified atom stereocenters. The predicted molar refractivity (Wildman–Crippen MR) is 75.9 cm³/mol. The lowest BCUT2D eigenvalue weighted by Crippen LogP contribution is -2.08. The van der Waals surface area contributed by atoms with Crippen LogP contribution in [0.4, 0.5) is 5.82 Å². The van der Waals surface area contributed by atoms with Gasteiger partial charge < -0.3 is 14.5 Å². The van der Waals surface area contributed by atoms with E-state index in [1.165, 1.54) is 12.8 Å². The predicted octanol–water partition coefficient (Wildman–Crippen LogP) is 3.27. The molecule has 106 valence electrons. The maximum atomic E-state index is 5.80. The average molecular weight is 273 g/mol. The fourth-order valence-corrected chi connectivity index (χ4v) is 2.05. The molecule has 2 aromatic heterocycles. The van der Waals surface area contributed by atoms with E-state index in [0.717, 1.165) is 29.5 Å². The second kappa shape index (κ2) is 5.53. The van der Waals surface area contributed by atoms with Crippen LogP contribution in [0.25, 0.3) is 0 Å². The minimum absolute atomic E-state index is 0.389. The molecule has 0 amide bonds. The van der Waals surface area contributed by atoms with Gasteiger partial charge in [-0.05, 0) is 38.8 Å². The van der Waals surface area contributed by atoms with Gasteiger partial charge >= 0.3 is 0 Å². The Morgan fingerprint density at radius 1 is 1.40 bits per heavy atom. The van der Waals surface area contributed by atoms with Crippen molar-refractivity contribution in [3.63, 3.8) is 0 Å². The molecule has 3 rings (SSSR count). The summed E-state index contributed by atoms with van der Waals surface area (Å²) in [4.78, 5) is 9.17. The van der Waals surface area contributed by atoms with Crippen molar-refractivity contribution in [3.8, 4) is 5.88 Å². The first-order chi connectivity index (χ1) is 9.78. The van der Waals surface area contributed by atoms with Gasteiger partial charge in [0.1, 0.15) is 24.0 Å². The third kappa shape index (κ3) is 2.76. The van der Waals surface area contributed by atoms with Crippen LogP contribution in [0.3, 0.4) is 0 Å². The first-order valence-electron chi connectivity index (χ1n) is 7.05. The molecular weight excluding hydrogens is 254 g/mol. The number of aromatic nitrogens is 2. The van der Waals surface area contributed by atoms with Crippen molar-refractivity contribution in [2.24, 2.45) is 0 Å². The minimum atomic E-state index is 0.389. The average Bonchev–Trinajstić information content (AvgIpc) is 3.17.